The van der Waals surface area contributed by atoms with Crippen LogP contribution in [0.15, 0.2) is 63.9 Å². The number of nitrogens with zero attached hydrogens (tertiary/aromatic N) is 3. The molecule has 2 aromatic carbocycles. The van der Waals surface area contributed by atoms with Crippen LogP contribution in [0.3, 0.4) is 0 Å². The molecule has 3 N–H and O–H groups in total. The summed E-state index contributed by atoms with van der Waals surface area (Å²) in [6.45, 7) is 0. The van der Waals surface area contributed by atoms with Crippen LogP contribution in [-0.2, 0) is 4.79 Å². The van der Waals surface area contributed by atoms with Gasteiger partial charge < -0.3 is 5.73 Å². The van der Waals surface area contributed by atoms with Gasteiger partial charge in [0.15, 0.2) is 0 Å². The van der Waals surface area contributed by atoms with Crippen LogP contribution >= 0.6 is 45.2 Å². The molecular formula is C14H11I2N5O. The predicted octanol–water partition coefficient (Wildman–Crippen LogP) is 3.89. The molecular weight excluding hydrogens is 508 g/mol. The van der Waals surface area contributed by atoms with Gasteiger partial charge >= 0.3 is 0 Å². The number of nitrogens with two attached hydrogens (primary N) is 1. The van der Waals surface area contributed by atoms with Crippen LogP contribution in [0.1, 0.15) is 0 Å². The number of halogens is 2. The van der Waals surface area contributed by atoms with E-state index in [0.29, 0.717) is 5.69 Å². The average molecular weight is 519 g/mol. The fourth-order valence-corrected chi connectivity index (χ4v) is 2.43. The minimum Gasteiger partial charge on any atom is -0.363 e. The summed E-state index contributed by atoms with van der Waals surface area (Å²) in [4.78, 5) is 11.4. The van der Waals surface area contributed by atoms with Crippen LogP contribution in [0.2, 0.25) is 0 Å². The average Bonchev–Trinajstić information content (AvgIpc) is 2.50. The number of hydrazone groups is 1. The molecule has 2 aromatic rings. The lowest BCUT2D eigenvalue weighted by Crippen LogP contribution is -2.22. The van der Waals surface area contributed by atoms with Crippen molar-refractivity contribution in [2.24, 2.45) is 21.1 Å². The zero-order chi connectivity index (χ0) is 15.9. The molecule has 1 amide bonds. The molecule has 8 heteroatoms. The van der Waals surface area contributed by atoms with Crippen molar-refractivity contribution in [3.05, 3.63) is 55.7 Å². The Bertz CT molecular complexity index is 746. The summed E-state index contributed by atoms with van der Waals surface area (Å²) in [5, 5.41) is 11.8. The Morgan fingerprint density at radius 1 is 1.00 bits per heavy atom. The highest BCUT2D eigenvalue weighted by Crippen LogP contribution is 2.21. The van der Waals surface area contributed by atoms with E-state index in [1.165, 1.54) is 0 Å². The van der Waals surface area contributed by atoms with E-state index in [-0.39, 0.29) is 5.84 Å². The molecule has 112 valence electrons. The van der Waals surface area contributed by atoms with Crippen LogP contribution in [-0.4, -0.2) is 11.7 Å². The Morgan fingerprint density at radius 2 is 1.64 bits per heavy atom. The van der Waals surface area contributed by atoms with E-state index >= 15 is 0 Å². The Labute approximate surface area is 154 Å². The maximum atomic E-state index is 11.4. The summed E-state index contributed by atoms with van der Waals surface area (Å²) in [6.07, 6.45) is 0. The van der Waals surface area contributed by atoms with Crippen molar-refractivity contribution >= 4 is 68.3 Å². The Balaban J connectivity index is 2.20. The van der Waals surface area contributed by atoms with E-state index in [4.69, 9.17) is 5.73 Å². The molecule has 0 aromatic heterocycles. The normalized spacial score (nSPS) is 11.6. The van der Waals surface area contributed by atoms with Crippen molar-refractivity contribution < 1.29 is 4.79 Å². The molecule has 0 aliphatic carbocycles. The number of hydrogen-bond donors (Lipinski definition) is 2. The maximum absolute atomic E-state index is 11.4. The van der Waals surface area contributed by atoms with E-state index in [1.807, 2.05) is 42.5 Å². The van der Waals surface area contributed by atoms with Crippen molar-refractivity contribution in [1.29, 1.82) is 0 Å². The van der Waals surface area contributed by atoms with E-state index in [1.54, 1.807) is 6.07 Å². The number of azo groups is 1. The number of benzene rings is 2. The summed E-state index contributed by atoms with van der Waals surface area (Å²) in [6, 6.07) is 14.9. The van der Waals surface area contributed by atoms with Gasteiger partial charge in [0.1, 0.15) is 0 Å². The molecule has 22 heavy (non-hydrogen) atoms. The topological polar surface area (TPSA) is 92.2 Å². The third-order valence-electron chi connectivity index (χ3n) is 2.48. The molecule has 0 saturated carbocycles. The molecule has 0 radical (unpaired) electrons. The highest BCUT2D eigenvalue weighted by Gasteiger charge is 2.07. The second-order valence-corrected chi connectivity index (χ2v) is 6.37. The molecule has 0 aliphatic rings. The molecule has 0 bridgehead atoms. The van der Waals surface area contributed by atoms with Crippen LogP contribution in [0.4, 0.5) is 11.4 Å². The first-order valence-electron chi connectivity index (χ1n) is 6.12. The lowest BCUT2D eigenvalue weighted by molar-refractivity contribution is -0.112. The van der Waals surface area contributed by atoms with Crippen molar-refractivity contribution in [3.63, 3.8) is 0 Å². The van der Waals surface area contributed by atoms with Gasteiger partial charge in [0.05, 0.1) is 11.4 Å². The molecule has 0 saturated heterocycles. The smallest absolute Gasteiger partial charge is 0.290 e. The summed E-state index contributed by atoms with van der Waals surface area (Å²) >= 11 is 4.29. The van der Waals surface area contributed by atoms with Crippen LogP contribution in [0, 0.1) is 7.14 Å². The van der Waals surface area contributed by atoms with Gasteiger partial charge in [-0.05, 0) is 69.4 Å². The third kappa shape index (κ3) is 4.73. The lowest BCUT2D eigenvalue weighted by atomic mass is 10.3. The number of nitrogens with one attached hydrogen (secondary N) is 1. The first-order valence-corrected chi connectivity index (χ1v) is 8.28. The summed E-state index contributed by atoms with van der Waals surface area (Å²) in [7, 11) is 0. The SMILES string of the molecule is NC(=O)/C(N=Nc1ccccc1I)=N\Nc1ccccc1I. The largest absolute Gasteiger partial charge is 0.363 e. The Hall–Kier alpha value is -1.56. The second kappa shape index (κ2) is 8.17. The van der Waals surface area contributed by atoms with Gasteiger partial charge in [-0.3, -0.25) is 10.2 Å². The molecule has 0 aliphatic heterocycles. The molecule has 2 rings (SSSR count). The van der Waals surface area contributed by atoms with Gasteiger partial charge in [-0.25, -0.2) is 0 Å². The van der Waals surface area contributed by atoms with Gasteiger partial charge in [-0.15, -0.1) is 15.3 Å². The first-order chi connectivity index (χ1) is 10.6. The predicted molar refractivity (Wildman–Crippen MR) is 103 cm³/mol. The van der Waals surface area contributed by atoms with Crippen LogP contribution in [0.25, 0.3) is 0 Å². The standard InChI is InChI=1S/C14H11I2N5O/c15-9-5-1-3-7-11(9)18-20-14(13(17)22)21-19-12-8-4-2-6-10(12)16/h1-8,18H,(H2,17,22)/b20-14+,21-19?. The van der Waals surface area contributed by atoms with E-state index < -0.39 is 5.91 Å². The maximum Gasteiger partial charge on any atom is 0.290 e. The van der Waals surface area contributed by atoms with Crippen LogP contribution < -0.4 is 11.2 Å². The number of para-hydroxylation sites is 1. The van der Waals surface area contributed by atoms with Gasteiger partial charge in [0, 0.05) is 7.14 Å². The third-order valence-corrected chi connectivity index (χ3v) is 4.33. The fourth-order valence-electron chi connectivity index (χ4n) is 1.43. The number of carbonyl (C=O) groups is 1. The van der Waals surface area contributed by atoms with Crippen LogP contribution in [0.5, 0.6) is 0 Å². The quantitative estimate of drug-likeness (QED) is 0.212. The van der Waals surface area contributed by atoms with Gasteiger partial charge in [-0.1, -0.05) is 24.3 Å². The first kappa shape index (κ1) is 16.8. The Morgan fingerprint density at radius 3 is 2.27 bits per heavy atom. The number of primary amides is 1. The minimum atomic E-state index is -0.756. The highest BCUT2D eigenvalue weighted by atomic mass is 127. The van der Waals surface area contributed by atoms with E-state index in [2.05, 4.69) is 65.9 Å². The number of rotatable bonds is 3. The number of amides is 1. The number of carbonyl (C=O) groups excluding carboxylic acids is 1. The molecule has 6 nitrogen and oxygen atoms in total. The zero-order valence-corrected chi connectivity index (χ0v) is 15.5. The molecule has 0 atom stereocenters. The summed E-state index contributed by atoms with van der Waals surface area (Å²) in [5.74, 6) is -0.951. The van der Waals surface area contributed by atoms with Crippen molar-refractivity contribution in [2.75, 3.05) is 5.43 Å². The fraction of sp³-hybridized carbons (Fsp3) is 0. The van der Waals surface area contributed by atoms with Crippen molar-refractivity contribution in [3.8, 4) is 0 Å². The molecule has 0 heterocycles. The molecule has 0 unspecified atom stereocenters. The molecule has 0 spiro atoms. The highest BCUT2D eigenvalue weighted by molar-refractivity contribution is 14.1. The zero-order valence-electron chi connectivity index (χ0n) is 11.2. The van der Waals surface area contributed by atoms with E-state index in [9.17, 15) is 4.79 Å². The minimum absolute atomic E-state index is 0.195. The van der Waals surface area contributed by atoms with E-state index in [0.717, 1.165) is 12.8 Å². The summed E-state index contributed by atoms with van der Waals surface area (Å²) < 4.78 is 1.88. The lowest BCUT2D eigenvalue weighted by Gasteiger charge is -2.03. The molecule has 0 fully saturated rings. The summed E-state index contributed by atoms with van der Waals surface area (Å²) in [5.41, 5.74) is 9.44. The van der Waals surface area contributed by atoms with Crippen molar-refractivity contribution in [2.45, 2.75) is 0 Å². The Kier molecular flexibility index (Phi) is 6.24. The number of anilines is 1. The van der Waals surface area contributed by atoms with Gasteiger partial charge in [-0.2, -0.15) is 0 Å². The van der Waals surface area contributed by atoms with Crippen molar-refractivity contribution in [1.82, 2.24) is 0 Å². The number of hydrogen-bond acceptors (Lipinski definition) is 4. The van der Waals surface area contributed by atoms with Gasteiger partial charge in [0.2, 0.25) is 0 Å². The number of amidine groups is 1. The monoisotopic (exact) mass is 519 g/mol. The second-order valence-electron chi connectivity index (χ2n) is 4.04. The van der Waals surface area contributed by atoms with Gasteiger partial charge in [0.25, 0.3) is 11.7 Å².